The lowest BCUT2D eigenvalue weighted by Crippen LogP contribution is -2.15. The number of rotatable bonds is 6. The zero-order chi connectivity index (χ0) is 23.1. The Morgan fingerprint density at radius 3 is 2.33 bits per heavy atom. The SMILES string of the molecule is CC(=O)c1c(-c2ccc(C)cc2)c2cccc(NC(=O)C3CC3)c2n1Cc1ccc(F)cc1. The summed E-state index contributed by atoms with van der Waals surface area (Å²) in [6.45, 7) is 3.97. The quantitative estimate of drug-likeness (QED) is 0.355. The molecule has 0 radical (unpaired) electrons. The van der Waals surface area contributed by atoms with E-state index in [2.05, 4.69) is 5.32 Å². The number of Topliss-reactive ketones (excluding diaryl/α,β-unsaturated/α-hetero) is 1. The van der Waals surface area contributed by atoms with Crippen molar-refractivity contribution in [2.75, 3.05) is 5.32 Å². The van der Waals surface area contributed by atoms with Crippen LogP contribution in [0.4, 0.5) is 10.1 Å². The number of nitrogens with zero attached hydrogens (tertiary/aromatic N) is 1. The van der Waals surface area contributed by atoms with Crippen molar-refractivity contribution < 1.29 is 14.0 Å². The summed E-state index contributed by atoms with van der Waals surface area (Å²) in [6.07, 6.45) is 1.82. The molecular weight excluding hydrogens is 415 g/mol. The second-order valence-electron chi connectivity index (χ2n) is 8.82. The number of aryl methyl sites for hydroxylation is 1. The molecule has 1 saturated carbocycles. The van der Waals surface area contributed by atoms with Crippen molar-refractivity contribution in [3.05, 3.63) is 89.4 Å². The van der Waals surface area contributed by atoms with Gasteiger partial charge in [-0.05, 0) is 49.1 Å². The summed E-state index contributed by atoms with van der Waals surface area (Å²) in [5, 5.41) is 3.99. The number of nitrogens with one attached hydrogen (secondary N) is 1. The van der Waals surface area contributed by atoms with Gasteiger partial charge in [-0.2, -0.15) is 0 Å². The van der Waals surface area contributed by atoms with Gasteiger partial charge < -0.3 is 9.88 Å². The van der Waals surface area contributed by atoms with Crippen LogP contribution in [0.1, 0.15) is 41.4 Å². The average molecular weight is 441 g/mol. The second-order valence-corrected chi connectivity index (χ2v) is 8.82. The predicted molar refractivity (Wildman–Crippen MR) is 129 cm³/mol. The van der Waals surface area contributed by atoms with E-state index in [0.29, 0.717) is 17.9 Å². The molecule has 5 heteroatoms. The van der Waals surface area contributed by atoms with Gasteiger partial charge >= 0.3 is 0 Å². The fourth-order valence-corrected chi connectivity index (χ4v) is 4.40. The molecule has 33 heavy (non-hydrogen) atoms. The first-order chi connectivity index (χ1) is 15.9. The van der Waals surface area contributed by atoms with Crippen LogP contribution in [-0.4, -0.2) is 16.3 Å². The van der Waals surface area contributed by atoms with Crippen LogP contribution >= 0.6 is 0 Å². The molecule has 0 spiro atoms. The Bertz CT molecular complexity index is 1360. The molecule has 1 aliphatic carbocycles. The van der Waals surface area contributed by atoms with E-state index in [4.69, 9.17) is 0 Å². The molecule has 1 aliphatic rings. The molecule has 166 valence electrons. The topological polar surface area (TPSA) is 51.1 Å². The molecule has 5 rings (SSSR count). The predicted octanol–water partition coefficient (Wildman–Crippen LogP) is 6.36. The number of carbonyl (C=O) groups is 2. The van der Waals surface area contributed by atoms with Gasteiger partial charge in [0, 0.05) is 30.3 Å². The lowest BCUT2D eigenvalue weighted by Gasteiger charge is -2.13. The Hall–Kier alpha value is -3.73. The van der Waals surface area contributed by atoms with Crippen LogP contribution in [0.3, 0.4) is 0 Å². The molecule has 0 saturated heterocycles. The van der Waals surface area contributed by atoms with Crippen molar-refractivity contribution in [3.8, 4) is 11.1 Å². The lowest BCUT2D eigenvalue weighted by molar-refractivity contribution is -0.117. The first kappa shape index (κ1) is 21.1. The van der Waals surface area contributed by atoms with Gasteiger partial charge in [-0.15, -0.1) is 0 Å². The van der Waals surface area contributed by atoms with Crippen molar-refractivity contribution in [2.45, 2.75) is 33.2 Å². The van der Waals surface area contributed by atoms with E-state index >= 15 is 0 Å². The summed E-state index contributed by atoms with van der Waals surface area (Å²) in [4.78, 5) is 25.7. The Kier molecular flexibility index (Phi) is 5.33. The number of carbonyl (C=O) groups excluding carboxylic acids is 2. The van der Waals surface area contributed by atoms with Gasteiger partial charge in [-0.25, -0.2) is 4.39 Å². The number of ketones is 1. The molecule has 1 amide bonds. The normalized spacial score (nSPS) is 13.3. The largest absolute Gasteiger partial charge is 0.331 e. The summed E-state index contributed by atoms with van der Waals surface area (Å²) in [7, 11) is 0. The number of para-hydroxylation sites is 1. The Balaban J connectivity index is 1.77. The van der Waals surface area contributed by atoms with Gasteiger partial charge in [0.1, 0.15) is 5.82 Å². The van der Waals surface area contributed by atoms with Crippen molar-refractivity contribution in [2.24, 2.45) is 5.92 Å². The third kappa shape index (κ3) is 4.07. The number of anilines is 1. The molecular formula is C28H25FN2O2. The van der Waals surface area contributed by atoms with Crippen LogP contribution < -0.4 is 5.32 Å². The van der Waals surface area contributed by atoms with E-state index in [1.807, 2.05) is 54.0 Å². The van der Waals surface area contributed by atoms with E-state index in [1.54, 1.807) is 19.1 Å². The van der Waals surface area contributed by atoms with Gasteiger partial charge in [-0.1, -0.05) is 54.1 Å². The third-order valence-corrected chi connectivity index (χ3v) is 6.22. The highest BCUT2D eigenvalue weighted by molar-refractivity contribution is 6.14. The van der Waals surface area contributed by atoms with Crippen LogP contribution in [0.2, 0.25) is 0 Å². The molecule has 4 nitrogen and oxygen atoms in total. The number of benzene rings is 3. The summed E-state index contributed by atoms with van der Waals surface area (Å²) in [5.41, 5.74) is 5.86. The number of amides is 1. The van der Waals surface area contributed by atoms with E-state index < -0.39 is 0 Å². The number of halogens is 1. The Morgan fingerprint density at radius 1 is 1.00 bits per heavy atom. The summed E-state index contributed by atoms with van der Waals surface area (Å²) in [5.74, 6) is -0.299. The first-order valence-corrected chi connectivity index (χ1v) is 11.2. The molecule has 3 aromatic carbocycles. The van der Waals surface area contributed by atoms with Gasteiger partial charge in [0.2, 0.25) is 5.91 Å². The number of aromatic nitrogens is 1. The molecule has 0 bridgehead atoms. The Morgan fingerprint density at radius 2 is 1.70 bits per heavy atom. The van der Waals surface area contributed by atoms with E-state index in [1.165, 1.54) is 12.1 Å². The fraction of sp³-hybridized carbons (Fsp3) is 0.214. The lowest BCUT2D eigenvalue weighted by atomic mass is 9.99. The van der Waals surface area contributed by atoms with Crippen molar-refractivity contribution >= 4 is 28.3 Å². The number of hydrogen-bond donors (Lipinski definition) is 1. The van der Waals surface area contributed by atoms with E-state index in [-0.39, 0.29) is 23.4 Å². The van der Waals surface area contributed by atoms with Crippen molar-refractivity contribution in [1.29, 1.82) is 0 Å². The molecule has 4 aromatic rings. The van der Waals surface area contributed by atoms with Crippen LogP contribution in [0, 0.1) is 18.7 Å². The monoisotopic (exact) mass is 440 g/mol. The highest BCUT2D eigenvalue weighted by atomic mass is 19.1. The van der Waals surface area contributed by atoms with Crippen molar-refractivity contribution in [1.82, 2.24) is 4.57 Å². The zero-order valence-electron chi connectivity index (χ0n) is 18.7. The van der Waals surface area contributed by atoms with E-state index in [9.17, 15) is 14.0 Å². The second kappa shape index (κ2) is 8.32. The van der Waals surface area contributed by atoms with Gasteiger partial charge in [-0.3, -0.25) is 9.59 Å². The standard InChI is InChI=1S/C28H25FN2O2/c1-17-6-10-20(11-7-17)25-23-4-3-5-24(30-28(33)21-12-13-21)27(23)31(26(25)18(2)32)16-19-8-14-22(29)15-9-19/h3-11,14-15,21H,12-13,16H2,1-2H3,(H,30,33). The smallest absolute Gasteiger partial charge is 0.227 e. The highest BCUT2D eigenvalue weighted by Gasteiger charge is 2.31. The minimum Gasteiger partial charge on any atom is -0.331 e. The maximum atomic E-state index is 13.5. The molecule has 0 unspecified atom stereocenters. The third-order valence-electron chi connectivity index (χ3n) is 6.22. The summed E-state index contributed by atoms with van der Waals surface area (Å²) >= 11 is 0. The maximum Gasteiger partial charge on any atom is 0.227 e. The Labute approximate surface area is 192 Å². The maximum absolute atomic E-state index is 13.5. The number of hydrogen-bond acceptors (Lipinski definition) is 2. The van der Waals surface area contributed by atoms with Crippen LogP contribution in [-0.2, 0) is 11.3 Å². The zero-order valence-corrected chi connectivity index (χ0v) is 18.7. The van der Waals surface area contributed by atoms with Crippen LogP contribution in [0.25, 0.3) is 22.0 Å². The molecule has 1 aromatic heterocycles. The highest BCUT2D eigenvalue weighted by Crippen LogP contribution is 2.40. The summed E-state index contributed by atoms with van der Waals surface area (Å²) in [6, 6.07) is 20.2. The summed E-state index contributed by atoms with van der Waals surface area (Å²) < 4.78 is 15.5. The minimum absolute atomic E-state index is 0.0123. The van der Waals surface area contributed by atoms with Crippen LogP contribution in [0.15, 0.2) is 66.7 Å². The molecule has 1 N–H and O–H groups in total. The molecule has 1 heterocycles. The van der Waals surface area contributed by atoms with Gasteiger partial charge in [0.15, 0.2) is 5.78 Å². The first-order valence-electron chi connectivity index (χ1n) is 11.2. The molecule has 0 atom stereocenters. The molecule has 0 aliphatic heterocycles. The van der Waals surface area contributed by atoms with E-state index in [0.717, 1.165) is 46.0 Å². The number of fused-ring (bicyclic) bond motifs is 1. The van der Waals surface area contributed by atoms with Crippen molar-refractivity contribution in [3.63, 3.8) is 0 Å². The van der Waals surface area contributed by atoms with Crippen LogP contribution in [0.5, 0.6) is 0 Å². The van der Waals surface area contributed by atoms with Gasteiger partial charge in [0.05, 0.1) is 16.9 Å². The average Bonchev–Trinajstić information content (AvgIpc) is 3.59. The molecule has 1 fully saturated rings. The fourth-order valence-electron chi connectivity index (χ4n) is 4.40. The van der Waals surface area contributed by atoms with Gasteiger partial charge in [0.25, 0.3) is 0 Å². The minimum atomic E-state index is -0.305.